The van der Waals surface area contributed by atoms with Crippen molar-refractivity contribution < 1.29 is 62.9 Å². The lowest BCUT2D eigenvalue weighted by Crippen LogP contribution is -2.56. The highest BCUT2D eigenvalue weighted by molar-refractivity contribution is 5.81. The van der Waals surface area contributed by atoms with E-state index in [9.17, 15) is 48.7 Å². The topological polar surface area (TPSA) is 44.8 Å². The minimum atomic E-state index is -6.94. The van der Waals surface area contributed by atoms with Gasteiger partial charge < -0.3 is 9.47 Å². The quantitative estimate of drug-likeness (QED) is 0.265. The van der Waals surface area contributed by atoms with Crippen molar-refractivity contribution >= 4 is 5.97 Å². The van der Waals surface area contributed by atoms with Gasteiger partial charge >= 0.3 is 30.3 Å². The smallest absolute Gasteiger partial charge is 0.460 e. The number of carbonyl (C=O) groups is 1. The molecule has 24 heavy (non-hydrogen) atoms. The molecule has 0 saturated heterocycles. The number of rotatable bonds is 9. The summed E-state index contributed by atoms with van der Waals surface area (Å²) in [6.07, 6.45) is -23.0. The summed E-state index contributed by atoms with van der Waals surface area (Å²) in [5, 5.41) is 0. The van der Waals surface area contributed by atoms with Crippen LogP contribution in [0.3, 0.4) is 0 Å². The summed E-state index contributed by atoms with van der Waals surface area (Å²) in [7, 11) is 0. The fraction of sp³-hybridized carbons (Fsp3) is 0.700. The third-order valence-electron chi connectivity index (χ3n) is 2.03. The van der Waals surface area contributed by atoms with Crippen molar-refractivity contribution in [3.63, 3.8) is 0 Å². The number of hydrogen-bond acceptors (Lipinski definition) is 4. The van der Waals surface area contributed by atoms with E-state index in [2.05, 4.69) is 20.8 Å². The van der Waals surface area contributed by atoms with Crippen LogP contribution < -0.4 is 0 Å². The van der Waals surface area contributed by atoms with Gasteiger partial charge in [-0.3, -0.25) is 4.74 Å². The highest BCUT2D eigenvalue weighted by Crippen LogP contribution is 2.48. The molecule has 0 aromatic carbocycles. The third-order valence-corrected chi connectivity index (χ3v) is 2.03. The summed E-state index contributed by atoms with van der Waals surface area (Å²) >= 11 is 0. The van der Waals surface area contributed by atoms with Crippen molar-refractivity contribution in [2.75, 3.05) is 13.2 Å². The van der Waals surface area contributed by atoms with Gasteiger partial charge in [0.2, 0.25) is 0 Å². The largest absolute Gasteiger partial charge is 0.462 e. The van der Waals surface area contributed by atoms with E-state index in [0.29, 0.717) is 6.08 Å². The van der Waals surface area contributed by atoms with E-state index in [1.54, 1.807) is 0 Å². The van der Waals surface area contributed by atoms with Gasteiger partial charge in [0.05, 0.1) is 6.61 Å². The Hall–Kier alpha value is -1.57. The zero-order valence-corrected chi connectivity index (χ0v) is 11.2. The van der Waals surface area contributed by atoms with Crippen LogP contribution in [0.1, 0.15) is 0 Å². The Labute approximate surface area is 126 Å². The molecule has 0 N–H and O–H groups in total. The Balaban J connectivity index is 4.79. The molecule has 14 heteroatoms. The lowest BCUT2D eigenvalue weighted by Gasteiger charge is -2.30. The van der Waals surface area contributed by atoms with Crippen molar-refractivity contribution in [2.45, 2.75) is 30.7 Å². The van der Waals surface area contributed by atoms with E-state index in [1.165, 1.54) is 0 Å². The van der Waals surface area contributed by atoms with Gasteiger partial charge in [-0.2, -0.15) is 39.5 Å². The molecule has 0 saturated carbocycles. The molecule has 0 aliphatic heterocycles. The van der Waals surface area contributed by atoms with E-state index in [-0.39, 0.29) is 0 Å². The molecule has 0 aromatic heterocycles. The van der Waals surface area contributed by atoms with Crippen LogP contribution in [0.15, 0.2) is 12.7 Å². The summed E-state index contributed by atoms with van der Waals surface area (Å²) in [4.78, 5) is 10.5. The number of esters is 1. The maximum Gasteiger partial charge on any atom is 0.462 e. The van der Waals surface area contributed by atoms with Gasteiger partial charge in [0, 0.05) is 6.08 Å². The second-order valence-electron chi connectivity index (χ2n) is 3.80. The van der Waals surface area contributed by atoms with Crippen LogP contribution in [0.25, 0.3) is 0 Å². The number of ether oxygens (including phenoxy) is 3. The van der Waals surface area contributed by atoms with Crippen molar-refractivity contribution in [1.82, 2.24) is 0 Å². The molecule has 0 aliphatic carbocycles. The Bertz CT molecular complexity index is 447. The number of halogens is 10. The average molecular weight is 382 g/mol. The molecule has 0 amide bonds. The summed E-state index contributed by atoms with van der Waals surface area (Å²) in [6.45, 7) is 0.632. The van der Waals surface area contributed by atoms with E-state index in [0.717, 1.165) is 0 Å². The highest BCUT2D eigenvalue weighted by Gasteiger charge is 2.76. The molecule has 1 atom stereocenters. The number of alkyl halides is 10. The minimum absolute atomic E-state index is 0.596. The molecule has 0 spiro atoms. The van der Waals surface area contributed by atoms with Gasteiger partial charge in [-0.05, 0) is 0 Å². The average Bonchev–Trinajstić information content (AvgIpc) is 2.41. The first kappa shape index (κ1) is 22.4. The Morgan fingerprint density at radius 1 is 1.00 bits per heavy atom. The lowest BCUT2D eigenvalue weighted by atomic mass is 10.3. The first-order valence-corrected chi connectivity index (χ1v) is 5.53. The van der Waals surface area contributed by atoms with Gasteiger partial charge in [0.25, 0.3) is 6.36 Å². The molecule has 0 aromatic rings. The van der Waals surface area contributed by atoms with Crippen LogP contribution in [0.2, 0.25) is 0 Å². The predicted octanol–water partition coefficient (Wildman–Crippen LogP) is 3.43. The summed E-state index contributed by atoms with van der Waals surface area (Å²) in [5.74, 6) is -8.06. The number of hydrogen-bond donors (Lipinski definition) is 0. The van der Waals surface area contributed by atoms with Gasteiger partial charge in [-0.25, -0.2) is 9.18 Å². The second-order valence-corrected chi connectivity index (χ2v) is 3.80. The molecule has 0 fully saturated rings. The maximum atomic E-state index is 12.9. The minimum Gasteiger partial charge on any atom is -0.460 e. The fourth-order valence-electron chi connectivity index (χ4n) is 0.882. The van der Waals surface area contributed by atoms with Crippen LogP contribution in [0, 0.1) is 0 Å². The van der Waals surface area contributed by atoms with Crippen molar-refractivity contribution in [3.8, 4) is 0 Å². The maximum absolute atomic E-state index is 12.9. The normalized spacial score (nSPS) is 15.1. The fourth-order valence-corrected chi connectivity index (χ4v) is 0.882. The molecule has 0 bridgehead atoms. The lowest BCUT2D eigenvalue weighted by molar-refractivity contribution is -0.465. The first-order chi connectivity index (χ1) is 10.6. The highest BCUT2D eigenvalue weighted by atomic mass is 19.4. The second kappa shape index (κ2) is 7.55. The van der Waals surface area contributed by atoms with Gasteiger partial charge in [-0.1, -0.05) is 6.58 Å². The Kier molecular flexibility index (Phi) is 7.05. The van der Waals surface area contributed by atoms with E-state index in [4.69, 9.17) is 0 Å². The zero-order chi connectivity index (χ0) is 19.4. The van der Waals surface area contributed by atoms with E-state index >= 15 is 0 Å². The molecule has 1 unspecified atom stereocenters. The van der Waals surface area contributed by atoms with Crippen LogP contribution in [-0.2, 0) is 19.0 Å². The molecular formula is C10H8F10O4. The Morgan fingerprint density at radius 3 is 1.92 bits per heavy atom. The zero-order valence-electron chi connectivity index (χ0n) is 11.2. The van der Waals surface area contributed by atoms with Crippen molar-refractivity contribution in [2.24, 2.45) is 0 Å². The van der Waals surface area contributed by atoms with Crippen LogP contribution >= 0.6 is 0 Å². The molecule has 4 nitrogen and oxygen atoms in total. The molecule has 0 aliphatic rings. The van der Waals surface area contributed by atoms with E-state index in [1.807, 2.05) is 0 Å². The van der Waals surface area contributed by atoms with Crippen LogP contribution in [-0.4, -0.2) is 49.9 Å². The number of carbonyl (C=O) groups excluding carboxylic acids is 1. The SMILES string of the molecule is C=CC(=O)OCCOC(F)(F)C(F)OC(F)(F)C(F)(F)C(F)(F)F. The molecule has 0 radical (unpaired) electrons. The van der Waals surface area contributed by atoms with Crippen LogP contribution in [0.5, 0.6) is 0 Å². The molecular weight excluding hydrogens is 374 g/mol. The van der Waals surface area contributed by atoms with Gasteiger partial charge in [0.15, 0.2) is 0 Å². The van der Waals surface area contributed by atoms with Crippen molar-refractivity contribution in [3.05, 3.63) is 12.7 Å². The monoisotopic (exact) mass is 382 g/mol. The summed E-state index contributed by atoms with van der Waals surface area (Å²) < 4.78 is 133. The summed E-state index contributed by atoms with van der Waals surface area (Å²) in [6, 6.07) is 0. The third kappa shape index (κ3) is 5.51. The van der Waals surface area contributed by atoms with Crippen molar-refractivity contribution in [1.29, 1.82) is 0 Å². The molecule has 142 valence electrons. The van der Waals surface area contributed by atoms with Gasteiger partial charge in [-0.15, -0.1) is 0 Å². The van der Waals surface area contributed by atoms with E-state index < -0.39 is 49.9 Å². The molecule has 0 rings (SSSR count). The molecule has 0 heterocycles. The predicted molar refractivity (Wildman–Crippen MR) is 54.0 cm³/mol. The standard InChI is InChI=1S/C10H8F10O4/c1-2-5(21)22-3-4-23-7(12,13)6(11)24-10(19,20)8(14,15)9(16,17)18/h2,6H,1,3-4H2. The van der Waals surface area contributed by atoms with Crippen LogP contribution in [0.4, 0.5) is 43.9 Å². The van der Waals surface area contributed by atoms with Gasteiger partial charge in [0.1, 0.15) is 6.61 Å². The first-order valence-electron chi connectivity index (χ1n) is 5.53. The summed E-state index contributed by atoms with van der Waals surface area (Å²) in [5.41, 5.74) is 0. The Morgan fingerprint density at radius 2 is 1.50 bits per heavy atom.